The zero-order valence-corrected chi connectivity index (χ0v) is 15.8. The van der Waals surface area contributed by atoms with Gasteiger partial charge >= 0.3 is 0 Å². The van der Waals surface area contributed by atoms with Crippen molar-refractivity contribution in [1.29, 1.82) is 0 Å². The van der Waals surface area contributed by atoms with Crippen LogP contribution in [-0.4, -0.2) is 49.3 Å². The predicted octanol–water partition coefficient (Wildman–Crippen LogP) is 1.53. The van der Waals surface area contributed by atoms with E-state index >= 15 is 0 Å². The molecule has 0 saturated carbocycles. The van der Waals surface area contributed by atoms with E-state index in [0.29, 0.717) is 30.6 Å². The predicted molar refractivity (Wildman–Crippen MR) is 98.3 cm³/mol. The van der Waals surface area contributed by atoms with E-state index < -0.39 is 9.84 Å². The molecule has 2 heterocycles. The second-order valence-electron chi connectivity index (χ2n) is 6.50. The largest absolute Gasteiger partial charge is 0.497 e. The van der Waals surface area contributed by atoms with Crippen molar-refractivity contribution >= 4 is 15.7 Å². The van der Waals surface area contributed by atoms with Gasteiger partial charge in [-0.05, 0) is 37.5 Å². The summed E-state index contributed by atoms with van der Waals surface area (Å²) in [6.45, 7) is 2.31. The van der Waals surface area contributed by atoms with Crippen LogP contribution in [0, 0.1) is 6.92 Å². The third-order valence-corrected chi connectivity index (χ3v) is 6.45. The van der Waals surface area contributed by atoms with Crippen LogP contribution in [-0.2, 0) is 16.3 Å². The molecule has 0 spiro atoms. The lowest BCUT2D eigenvalue weighted by molar-refractivity contribution is 0.0953. The Bertz CT molecular complexity index is 888. The van der Waals surface area contributed by atoms with Gasteiger partial charge in [-0.3, -0.25) is 9.48 Å². The van der Waals surface area contributed by atoms with Gasteiger partial charge in [-0.2, -0.15) is 5.10 Å². The number of carbonyl (C=O) groups is 1. The normalized spacial score (nSPS) is 18.6. The molecule has 2 aromatic rings. The molecule has 1 atom stereocenters. The first kappa shape index (κ1) is 18.4. The van der Waals surface area contributed by atoms with E-state index in [1.165, 1.54) is 6.20 Å². The van der Waals surface area contributed by atoms with Crippen LogP contribution in [0.1, 0.15) is 34.1 Å². The highest BCUT2D eigenvalue weighted by molar-refractivity contribution is 7.91. The molecule has 1 N–H and O–H groups in total. The van der Waals surface area contributed by atoms with Crippen molar-refractivity contribution in [3.63, 3.8) is 0 Å². The van der Waals surface area contributed by atoms with Gasteiger partial charge in [0.05, 0.1) is 36.4 Å². The first-order valence-corrected chi connectivity index (χ1v) is 10.4. The number of nitrogens with zero attached hydrogens (tertiary/aromatic N) is 2. The fraction of sp³-hybridized carbons (Fsp3) is 0.444. The first-order valence-electron chi connectivity index (χ1n) is 8.55. The van der Waals surface area contributed by atoms with Gasteiger partial charge in [-0.15, -0.1) is 0 Å². The van der Waals surface area contributed by atoms with Crippen molar-refractivity contribution in [2.24, 2.45) is 0 Å². The van der Waals surface area contributed by atoms with Crippen LogP contribution in [0.4, 0.5) is 0 Å². The lowest BCUT2D eigenvalue weighted by Crippen LogP contribution is -2.26. The Balaban J connectivity index is 1.58. The van der Waals surface area contributed by atoms with Crippen LogP contribution < -0.4 is 10.1 Å². The van der Waals surface area contributed by atoms with Crippen LogP contribution >= 0.6 is 0 Å². The molecule has 1 aliphatic rings. The molecule has 7 nitrogen and oxygen atoms in total. The number of carbonyl (C=O) groups excluding carboxylic acids is 1. The van der Waals surface area contributed by atoms with E-state index in [9.17, 15) is 13.2 Å². The maximum atomic E-state index is 12.4. The average molecular weight is 377 g/mol. The van der Waals surface area contributed by atoms with Crippen LogP contribution in [0.5, 0.6) is 5.75 Å². The van der Waals surface area contributed by atoms with Gasteiger partial charge in [0.15, 0.2) is 9.84 Å². The van der Waals surface area contributed by atoms with Gasteiger partial charge in [0.1, 0.15) is 5.75 Å². The fourth-order valence-corrected chi connectivity index (χ4v) is 4.88. The molecule has 1 fully saturated rings. The molecule has 1 amide bonds. The Morgan fingerprint density at radius 1 is 1.35 bits per heavy atom. The molecule has 140 valence electrons. The molecule has 1 aromatic carbocycles. The van der Waals surface area contributed by atoms with Gasteiger partial charge in [0.25, 0.3) is 5.91 Å². The van der Waals surface area contributed by atoms with E-state index in [4.69, 9.17) is 4.74 Å². The summed E-state index contributed by atoms with van der Waals surface area (Å²) in [6, 6.07) is 7.53. The molecule has 1 aromatic heterocycles. The summed E-state index contributed by atoms with van der Waals surface area (Å²) >= 11 is 0. The Hall–Kier alpha value is -2.35. The first-order chi connectivity index (χ1) is 12.4. The molecule has 0 radical (unpaired) electrons. The van der Waals surface area contributed by atoms with Crippen LogP contribution in [0.25, 0.3) is 0 Å². The lowest BCUT2D eigenvalue weighted by Gasteiger charge is -2.11. The number of rotatable bonds is 6. The molecular weight excluding hydrogens is 354 g/mol. The highest BCUT2D eigenvalue weighted by atomic mass is 32.2. The Morgan fingerprint density at radius 3 is 2.69 bits per heavy atom. The molecule has 8 heteroatoms. The summed E-state index contributed by atoms with van der Waals surface area (Å²) in [6.07, 6.45) is 2.77. The Kier molecular flexibility index (Phi) is 5.31. The van der Waals surface area contributed by atoms with Gasteiger partial charge in [-0.25, -0.2) is 8.42 Å². The molecule has 0 bridgehead atoms. The van der Waals surface area contributed by atoms with E-state index in [1.807, 2.05) is 24.3 Å². The number of methoxy groups -OCH3 is 1. The van der Waals surface area contributed by atoms with Crippen molar-refractivity contribution in [2.75, 3.05) is 25.2 Å². The van der Waals surface area contributed by atoms with Crippen LogP contribution in [0.15, 0.2) is 30.5 Å². The minimum Gasteiger partial charge on any atom is -0.497 e. The number of amides is 1. The lowest BCUT2D eigenvalue weighted by atomic mass is 10.1. The van der Waals surface area contributed by atoms with Gasteiger partial charge < -0.3 is 10.1 Å². The number of ether oxygens (including phenoxy) is 1. The highest BCUT2D eigenvalue weighted by Crippen LogP contribution is 2.25. The molecule has 26 heavy (non-hydrogen) atoms. The topological polar surface area (TPSA) is 90.3 Å². The number of benzene rings is 1. The quantitative estimate of drug-likeness (QED) is 0.825. The summed E-state index contributed by atoms with van der Waals surface area (Å²) in [5.41, 5.74) is 2.30. The summed E-state index contributed by atoms with van der Waals surface area (Å²) in [4.78, 5) is 12.4. The number of sulfone groups is 1. The van der Waals surface area contributed by atoms with Crippen LogP contribution in [0.3, 0.4) is 0 Å². The van der Waals surface area contributed by atoms with Crippen molar-refractivity contribution < 1.29 is 17.9 Å². The molecule has 0 aliphatic carbocycles. The van der Waals surface area contributed by atoms with Gasteiger partial charge in [-0.1, -0.05) is 12.1 Å². The van der Waals surface area contributed by atoms with E-state index in [1.54, 1.807) is 18.7 Å². The molecule has 1 unspecified atom stereocenters. The number of hydrogen-bond acceptors (Lipinski definition) is 5. The SMILES string of the molecule is COc1ccc(CCNC(=O)c2cnn(C3CCS(=O)(=O)C3)c2C)cc1. The second kappa shape index (κ2) is 7.49. The molecule has 1 saturated heterocycles. The van der Waals surface area contributed by atoms with Gasteiger partial charge in [0.2, 0.25) is 0 Å². The van der Waals surface area contributed by atoms with Crippen molar-refractivity contribution in [2.45, 2.75) is 25.8 Å². The smallest absolute Gasteiger partial charge is 0.254 e. The number of aromatic nitrogens is 2. The third kappa shape index (κ3) is 4.07. The van der Waals surface area contributed by atoms with Crippen molar-refractivity contribution in [3.05, 3.63) is 47.3 Å². The van der Waals surface area contributed by atoms with Crippen molar-refractivity contribution in [3.8, 4) is 5.75 Å². The summed E-state index contributed by atoms with van der Waals surface area (Å²) in [5, 5.41) is 7.14. The van der Waals surface area contributed by atoms with E-state index in [-0.39, 0.29) is 23.5 Å². The van der Waals surface area contributed by atoms with E-state index in [0.717, 1.165) is 11.3 Å². The van der Waals surface area contributed by atoms with Crippen LogP contribution in [0.2, 0.25) is 0 Å². The second-order valence-corrected chi connectivity index (χ2v) is 8.73. The Morgan fingerprint density at radius 2 is 2.08 bits per heavy atom. The minimum atomic E-state index is -2.99. The molecule has 3 rings (SSSR count). The minimum absolute atomic E-state index is 0.0913. The molecule has 1 aliphatic heterocycles. The van der Waals surface area contributed by atoms with Gasteiger partial charge in [0, 0.05) is 12.2 Å². The monoisotopic (exact) mass is 377 g/mol. The fourth-order valence-electron chi connectivity index (χ4n) is 3.19. The highest BCUT2D eigenvalue weighted by Gasteiger charge is 2.31. The average Bonchev–Trinajstić information content (AvgIpc) is 3.17. The maximum Gasteiger partial charge on any atom is 0.254 e. The maximum absolute atomic E-state index is 12.4. The summed E-state index contributed by atoms with van der Waals surface area (Å²) in [5.74, 6) is 0.881. The number of nitrogens with one attached hydrogen (secondary N) is 1. The Labute approximate surface area is 153 Å². The zero-order chi connectivity index (χ0) is 18.7. The van der Waals surface area contributed by atoms with Crippen molar-refractivity contribution in [1.82, 2.24) is 15.1 Å². The van der Waals surface area contributed by atoms with E-state index in [2.05, 4.69) is 10.4 Å². The number of hydrogen-bond donors (Lipinski definition) is 1. The third-order valence-electron chi connectivity index (χ3n) is 4.70. The zero-order valence-electron chi connectivity index (χ0n) is 14.9. The molecular formula is C18H23N3O4S. The summed E-state index contributed by atoms with van der Waals surface area (Å²) in [7, 11) is -1.37. The summed E-state index contributed by atoms with van der Waals surface area (Å²) < 4.78 is 30.1. The standard InChI is InChI=1S/C18H23N3O4S/c1-13-17(11-20-21(13)15-8-10-26(23,24)12-15)18(22)19-9-7-14-3-5-16(25-2)6-4-14/h3-6,11,15H,7-10,12H2,1-2H3,(H,19,22).